The van der Waals surface area contributed by atoms with Gasteiger partial charge in [-0.25, -0.2) is 9.18 Å². The Bertz CT molecular complexity index is 560. The van der Waals surface area contributed by atoms with E-state index in [9.17, 15) is 9.18 Å². The van der Waals surface area contributed by atoms with Crippen LogP contribution in [0.1, 0.15) is 45.6 Å². The summed E-state index contributed by atoms with van der Waals surface area (Å²) < 4.78 is 18.7. The lowest BCUT2D eigenvalue weighted by atomic mass is 9.96. The number of hydrogen-bond acceptors (Lipinski definition) is 2. The Labute approximate surface area is 138 Å². The van der Waals surface area contributed by atoms with Crippen LogP contribution in [-0.2, 0) is 4.74 Å². The summed E-state index contributed by atoms with van der Waals surface area (Å²) in [6, 6.07) is 6.57. The minimum atomic E-state index is -0.411. The van der Waals surface area contributed by atoms with Crippen molar-refractivity contribution in [2.75, 3.05) is 13.1 Å². The standard InChI is InChI=1S/C19H26FNO2/c1-4-19(2,3)23-18(22)21-12-10-15(11-13-21)8-9-16-6-5-7-17(20)14-16/h5-9,14-15H,4,10-13H2,1-3H3/b9-8+. The number of benzene rings is 1. The molecule has 0 atom stereocenters. The van der Waals surface area contributed by atoms with Gasteiger partial charge in [-0.1, -0.05) is 31.2 Å². The van der Waals surface area contributed by atoms with E-state index in [0.717, 1.165) is 24.8 Å². The molecule has 1 saturated heterocycles. The molecule has 0 unspecified atom stereocenters. The molecule has 1 aromatic rings. The molecular formula is C19H26FNO2. The Morgan fingerprint density at radius 1 is 1.39 bits per heavy atom. The Morgan fingerprint density at radius 2 is 2.09 bits per heavy atom. The molecule has 0 spiro atoms. The van der Waals surface area contributed by atoms with Crippen molar-refractivity contribution in [1.29, 1.82) is 0 Å². The molecule has 1 aromatic carbocycles. The third-order valence-electron chi connectivity index (χ3n) is 4.42. The van der Waals surface area contributed by atoms with Gasteiger partial charge in [0.25, 0.3) is 0 Å². The van der Waals surface area contributed by atoms with Crippen molar-refractivity contribution in [1.82, 2.24) is 4.90 Å². The molecule has 1 aliphatic rings. The molecule has 0 saturated carbocycles. The molecule has 0 radical (unpaired) electrons. The molecular weight excluding hydrogens is 293 g/mol. The summed E-state index contributed by atoms with van der Waals surface area (Å²) in [4.78, 5) is 13.9. The lowest BCUT2D eigenvalue weighted by molar-refractivity contribution is 0.00689. The van der Waals surface area contributed by atoms with Gasteiger partial charge in [-0.2, -0.15) is 0 Å². The van der Waals surface area contributed by atoms with Gasteiger partial charge < -0.3 is 9.64 Å². The van der Waals surface area contributed by atoms with Gasteiger partial charge in [0.1, 0.15) is 11.4 Å². The zero-order chi connectivity index (χ0) is 16.9. The Balaban J connectivity index is 1.83. The number of carbonyl (C=O) groups excluding carboxylic acids is 1. The summed E-state index contributed by atoms with van der Waals surface area (Å²) in [6.45, 7) is 7.28. The highest BCUT2D eigenvalue weighted by Gasteiger charge is 2.27. The highest BCUT2D eigenvalue weighted by atomic mass is 19.1. The van der Waals surface area contributed by atoms with Crippen LogP contribution >= 0.6 is 0 Å². The Kier molecular flexibility index (Phi) is 5.80. The molecule has 2 rings (SSSR count). The molecule has 1 heterocycles. The van der Waals surface area contributed by atoms with Crippen LogP contribution in [0.25, 0.3) is 6.08 Å². The first-order chi connectivity index (χ1) is 10.9. The van der Waals surface area contributed by atoms with Crippen molar-refractivity contribution < 1.29 is 13.9 Å². The van der Waals surface area contributed by atoms with E-state index in [1.54, 1.807) is 11.0 Å². The Morgan fingerprint density at radius 3 is 2.70 bits per heavy atom. The monoisotopic (exact) mass is 319 g/mol. The van der Waals surface area contributed by atoms with Gasteiger partial charge >= 0.3 is 6.09 Å². The minimum Gasteiger partial charge on any atom is -0.443 e. The van der Waals surface area contributed by atoms with Gasteiger partial charge in [0.15, 0.2) is 0 Å². The second-order valence-electron chi connectivity index (χ2n) is 6.72. The number of ether oxygens (including phenoxy) is 1. The maximum absolute atomic E-state index is 13.1. The fourth-order valence-electron chi connectivity index (χ4n) is 2.51. The minimum absolute atomic E-state index is 0.218. The van der Waals surface area contributed by atoms with Crippen LogP contribution in [0.5, 0.6) is 0 Å². The average Bonchev–Trinajstić information content (AvgIpc) is 2.53. The summed E-state index contributed by atoms with van der Waals surface area (Å²) >= 11 is 0. The highest BCUT2D eigenvalue weighted by Crippen LogP contribution is 2.22. The van der Waals surface area contributed by atoms with Crippen molar-refractivity contribution in [3.05, 3.63) is 41.7 Å². The van der Waals surface area contributed by atoms with Gasteiger partial charge in [-0.05, 0) is 56.7 Å². The first-order valence-corrected chi connectivity index (χ1v) is 8.31. The predicted octanol–water partition coefficient (Wildman–Crippen LogP) is 4.88. The van der Waals surface area contributed by atoms with E-state index >= 15 is 0 Å². The van der Waals surface area contributed by atoms with E-state index in [1.165, 1.54) is 12.1 Å². The van der Waals surface area contributed by atoms with Crippen molar-refractivity contribution in [2.24, 2.45) is 5.92 Å². The van der Waals surface area contributed by atoms with Crippen LogP contribution in [0, 0.1) is 11.7 Å². The summed E-state index contributed by atoms with van der Waals surface area (Å²) in [5.74, 6) is 0.199. The van der Waals surface area contributed by atoms with Gasteiger partial charge in [0.2, 0.25) is 0 Å². The number of hydrogen-bond donors (Lipinski definition) is 0. The molecule has 0 aromatic heterocycles. The van der Waals surface area contributed by atoms with Crippen LogP contribution in [0.15, 0.2) is 30.3 Å². The second-order valence-corrected chi connectivity index (χ2v) is 6.72. The molecule has 4 heteroatoms. The summed E-state index contributed by atoms with van der Waals surface area (Å²) in [5.41, 5.74) is 0.460. The number of allylic oxidation sites excluding steroid dienone is 1. The van der Waals surface area contributed by atoms with Crippen molar-refractivity contribution in [3.63, 3.8) is 0 Å². The fraction of sp³-hybridized carbons (Fsp3) is 0.526. The fourth-order valence-corrected chi connectivity index (χ4v) is 2.51. The molecule has 0 N–H and O–H groups in total. The quantitative estimate of drug-likeness (QED) is 0.792. The third kappa shape index (κ3) is 5.38. The highest BCUT2D eigenvalue weighted by molar-refractivity contribution is 5.68. The Hall–Kier alpha value is -1.84. The number of piperidine rings is 1. The van der Waals surface area contributed by atoms with Gasteiger partial charge in [-0.3, -0.25) is 0 Å². The molecule has 1 fully saturated rings. The lowest BCUT2D eigenvalue weighted by Gasteiger charge is -2.33. The zero-order valence-corrected chi connectivity index (χ0v) is 14.2. The van der Waals surface area contributed by atoms with Crippen LogP contribution in [0.4, 0.5) is 9.18 Å². The molecule has 1 amide bonds. The maximum Gasteiger partial charge on any atom is 0.410 e. The van der Waals surface area contributed by atoms with Gasteiger partial charge in [-0.15, -0.1) is 0 Å². The number of halogens is 1. The van der Waals surface area contributed by atoms with Gasteiger partial charge in [0.05, 0.1) is 0 Å². The summed E-state index contributed by atoms with van der Waals surface area (Å²) in [7, 11) is 0. The van der Waals surface area contributed by atoms with E-state index in [-0.39, 0.29) is 11.9 Å². The van der Waals surface area contributed by atoms with E-state index < -0.39 is 5.60 Å². The van der Waals surface area contributed by atoms with Crippen LogP contribution < -0.4 is 0 Å². The topological polar surface area (TPSA) is 29.5 Å². The molecule has 0 bridgehead atoms. The predicted molar refractivity (Wildman–Crippen MR) is 90.6 cm³/mol. The van der Waals surface area contributed by atoms with Crippen molar-refractivity contribution in [3.8, 4) is 0 Å². The summed E-state index contributed by atoms with van der Waals surface area (Å²) in [6.07, 6.45) is 6.48. The number of amides is 1. The van der Waals surface area contributed by atoms with Crippen LogP contribution in [0.2, 0.25) is 0 Å². The van der Waals surface area contributed by atoms with Crippen LogP contribution in [0.3, 0.4) is 0 Å². The number of carbonyl (C=O) groups is 1. The normalized spacial score (nSPS) is 16.8. The molecule has 126 valence electrons. The molecule has 0 aliphatic carbocycles. The number of rotatable bonds is 4. The second kappa shape index (κ2) is 7.62. The van der Waals surface area contributed by atoms with Crippen molar-refractivity contribution in [2.45, 2.75) is 45.6 Å². The number of nitrogens with zero attached hydrogens (tertiary/aromatic N) is 1. The van der Waals surface area contributed by atoms with Crippen LogP contribution in [-0.4, -0.2) is 29.7 Å². The third-order valence-corrected chi connectivity index (χ3v) is 4.42. The van der Waals surface area contributed by atoms with E-state index in [4.69, 9.17) is 4.74 Å². The van der Waals surface area contributed by atoms with E-state index in [0.29, 0.717) is 19.0 Å². The van der Waals surface area contributed by atoms with Gasteiger partial charge in [0, 0.05) is 13.1 Å². The number of likely N-dealkylation sites (tertiary alicyclic amines) is 1. The maximum atomic E-state index is 13.1. The lowest BCUT2D eigenvalue weighted by Crippen LogP contribution is -2.42. The van der Waals surface area contributed by atoms with E-state index in [2.05, 4.69) is 6.08 Å². The average molecular weight is 319 g/mol. The molecule has 1 aliphatic heterocycles. The molecule has 23 heavy (non-hydrogen) atoms. The van der Waals surface area contributed by atoms with Crippen molar-refractivity contribution >= 4 is 12.2 Å². The first kappa shape index (κ1) is 17.5. The largest absolute Gasteiger partial charge is 0.443 e. The smallest absolute Gasteiger partial charge is 0.410 e. The molecule has 3 nitrogen and oxygen atoms in total. The van der Waals surface area contributed by atoms with E-state index in [1.807, 2.05) is 32.9 Å². The zero-order valence-electron chi connectivity index (χ0n) is 14.2. The SMILES string of the molecule is CCC(C)(C)OC(=O)N1CCC(/C=C/c2cccc(F)c2)CC1. The summed E-state index contributed by atoms with van der Waals surface area (Å²) in [5, 5.41) is 0. The first-order valence-electron chi connectivity index (χ1n) is 8.31.